The number of rotatable bonds is 6. The van der Waals surface area contributed by atoms with Gasteiger partial charge in [0.25, 0.3) is 5.91 Å². The number of amides is 1. The van der Waals surface area contributed by atoms with Crippen LogP contribution in [0.15, 0.2) is 60.8 Å². The zero-order chi connectivity index (χ0) is 19.5. The molecule has 0 saturated carbocycles. The number of carbonyl (C=O) groups excluding carboxylic acids is 1. The summed E-state index contributed by atoms with van der Waals surface area (Å²) in [5.41, 5.74) is 4.06. The Kier molecular flexibility index (Phi) is 5.12. The standard InChI is InChI=1S/C22H21N3O2S/c1-15-20(21(26)23-13-12-16-8-10-18(27-2)11-9-16)28-22-24-19(14-25(15)22)17-6-4-3-5-7-17/h3-11,14H,12-13H2,1-2H3,(H,23,26). The molecule has 0 aliphatic carbocycles. The van der Waals surface area contributed by atoms with Gasteiger partial charge >= 0.3 is 0 Å². The minimum atomic E-state index is -0.0530. The molecule has 0 bridgehead atoms. The molecule has 2 aromatic heterocycles. The molecule has 0 unspecified atom stereocenters. The first-order valence-corrected chi connectivity index (χ1v) is 9.92. The second-order valence-electron chi connectivity index (χ2n) is 6.52. The number of hydrogen-bond acceptors (Lipinski definition) is 4. The van der Waals surface area contributed by atoms with Crippen LogP contribution in [0.5, 0.6) is 5.75 Å². The fraction of sp³-hybridized carbons (Fsp3) is 0.182. The summed E-state index contributed by atoms with van der Waals surface area (Å²) >= 11 is 1.42. The quantitative estimate of drug-likeness (QED) is 0.532. The Balaban J connectivity index is 1.44. The molecule has 5 nitrogen and oxygen atoms in total. The molecule has 0 fully saturated rings. The fourth-order valence-electron chi connectivity index (χ4n) is 3.10. The van der Waals surface area contributed by atoms with E-state index in [0.29, 0.717) is 11.4 Å². The lowest BCUT2D eigenvalue weighted by atomic mass is 10.1. The molecule has 1 amide bonds. The Bertz CT molecular complexity index is 1100. The van der Waals surface area contributed by atoms with Gasteiger partial charge in [-0.05, 0) is 31.0 Å². The van der Waals surface area contributed by atoms with Crippen LogP contribution in [0.3, 0.4) is 0 Å². The molecule has 0 spiro atoms. The number of fused-ring (bicyclic) bond motifs is 1. The van der Waals surface area contributed by atoms with Crippen molar-refractivity contribution < 1.29 is 9.53 Å². The molecule has 0 aliphatic rings. The summed E-state index contributed by atoms with van der Waals surface area (Å²) in [7, 11) is 1.65. The van der Waals surface area contributed by atoms with Crippen molar-refractivity contribution >= 4 is 22.2 Å². The summed E-state index contributed by atoms with van der Waals surface area (Å²) < 4.78 is 7.16. The predicted molar refractivity (Wildman–Crippen MR) is 112 cm³/mol. The Morgan fingerprint density at radius 2 is 1.89 bits per heavy atom. The highest BCUT2D eigenvalue weighted by Gasteiger charge is 2.17. The van der Waals surface area contributed by atoms with Crippen LogP contribution in [0.4, 0.5) is 0 Å². The number of nitrogens with one attached hydrogen (secondary N) is 1. The molecule has 0 atom stereocenters. The normalized spacial score (nSPS) is 10.9. The highest BCUT2D eigenvalue weighted by Crippen LogP contribution is 2.27. The largest absolute Gasteiger partial charge is 0.497 e. The Morgan fingerprint density at radius 1 is 1.14 bits per heavy atom. The van der Waals surface area contributed by atoms with Gasteiger partial charge in [0.15, 0.2) is 4.96 Å². The Labute approximate surface area is 167 Å². The molecule has 1 N–H and O–H groups in total. The van der Waals surface area contributed by atoms with Crippen LogP contribution in [0.25, 0.3) is 16.2 Å². The van der Waals surface area contributed by atoms with E-state index in [4.69, 9.17) is 4.74 Å². The number of aromatic nitrogens is 2. The van der Waals surface area contributed by atoms with Crippen molar-refractivity contribution in [2.75, 3.05) is 13.7 Å². The van der Waals surface area contributed by atoms with Crippen molar-refractivity contribution in [3.05, 3.63) is 76.9 Å². The van der Waals surface area contributed by atoms with Crippen LogP contribution in [0, 0.1) is 6.92 Å². The minimum Gasteiger partial charge on any atom is -0.497 e. The number of ether oxygens (including phenoxy) is 1. The van der Waals surface area contributed by atoms with Crippen molar-refractivity contribution in [2.24, 2.45) is 0 Å². The summed E-state index contributed by atoms with van der Waals surface area (Å²) in [5, 5.41) is 3.01. The summed E-state index contributed by atoms with van der Waals surface area (Å²) in [5.74, 6) is 0.781. The molecular weight excluding hydrogens is 370 g/mol. The molecule has 0 radical (unpaired) electrons. The molecule has 2 aromatic carbocycles. The van der Waals surface area contributed by atoms with E-state index in [0.717, 1.165) is 39.6 Å². The third-order valence-corrected chi connectivity index (χ3v) is 5.85. The van der Waals surface area contributed by atoms with E-state index in [9.17, 15) is 4.79 Å². The first kappa shape index (κ1) is 18.3. The van der Waals surface area contributed by atoms with Gasteiger partial charge in [-0.2, -0.15) is 0 Å². The number of imidazole rings is 1. The lowest BCUT2D eigenvalue weighted by molar-refractivity contribution is 0.0957. The van der Waals surface area contributed by atoms with Crippen molar-refractivity contribution in [2.45, 2.75) is 13.3 Å². The fourth-order valence-corrected chi connectivity index (χ4v) is 4.13. The maximum Gasteiger partial charge on any atom is 0.263 e. The number of benzene rings is 2. The SMILES string of the molecule is COc1ccc(CCNC(=O)c2sc3nc(-c4ccccc4)cn3c2C)cc1. The molecule has 4 aromatic rings. The third-order valence-electron chi connectivity index (χ3n) is 4.69. The van der Waals surface area contributed by atoms with Gasteiger partial charge < -0.3 is 10.1 Å². The van der Waals surface area contributed by atoms with Crippen LogP contribution < -0.4 is 10.1 Å². The van der Waals surface area contributed by atoms with Crippen LogP contribution in [-0.2, 0) is 6.42 Å². The molecule has 0 aliphatic heterocycles. The average Bonchev–Trinajstić information content (AvgIpc) is 3.29. The second-order valence-corrected chi connectivity index (χ2v) is 7.49. The van der Waals surface area contributed by atoms with E-state index in [1.165, 1.54) is 11.3 Å². The van der Waals surface area contributed by atoms with E-state index in [2.05, 4.69) is 10.3 Å². The highest BCUT2D eigenvalue weighted by atomic mass is 32.1. The minimum absolute atomic E-state index is 0.0530. The Morgan fingerprint density at radius 3 is 2.57 bits per heavy atom. The molecule has 4 rings (SSSR count). The average molecular weight is 391 g/mol. The summed E-state index contributed by atoms with van der Waals surface area (Å²) in [6, 6.07) is 17.9. The molecule has 0 saturated heterocycles. The predicted octanol–water partition coefficient (Wildman–Crippen LogP) is 4.35. The van der Waals surface area contributed by atoms with Gasteiger partial charge in [0, 0.05) is 24.0 Å². The Hall–Kier alpha value is -3.12. The van der Waals surface area contributed by atoms with Crippen molar-refractivity contribution in [3.63, 3.8) is 0 Å². The van der Waals surface area contributed by atoms with E-state index in [1.807, 2.05) is 72.1 Å². The number of thiazole rings is 1. The van der Waals surface area contributed by atoms with Crippen LogP contribution in [0.2, 0.25) is 0 Å². The zero-order valence-corrected chi connectivity index (χ0v) is 16.6. The van der Waals surface area contributed by atoms with Crippen LogP contribution >= 0.6 is 11.3 Å². The van der Waals surface area contributed by atoms with E-state index >= 15 is 0 Å². The molecule has 142 valence electrons. The van der Waals surface area contributed by atoms with Gasteiger partial charge in [-0.1, -0.05) is 53.8 Å². The van der Waals surface area contributed by atoms with E-state index in [1.54, 1.807) is 7.11 Å². The van der Waals surface area contributed by atoms with Gasteiger partial charge in [-0.25, -0.2) is 4.98 Å². The molecule has 6 heteroatoms. The summed E-state index contributed by atoms with van der Waals surface area (Å²) in [6.45, 7) is 2.54. The van der Waals surface area contributed by atoms with Crippen molar-refractivity contribution in [1.29, 1.82) is 0 Å². The highest BCUT2D eigenvalue weighted by molar-refractivity contribution is 7.19. The third kappa shape index (κ3) is 3.64. The molecule has 28 heavy (non-hydrogen) atoms. The smallest absolute Gasteiger partial charge is 0.263 e. The first-order chi connectivity index (χ1) is 13.7. The number of carbonyl (C=O) groups is 1. The van der Waals surface area contributed by atoms with Gasteiger partial charge in [0.2, 0.25) is 0 Å². The van der Waals surface area contributed by atoms with Crippen molar-refractivity contribution in [1.82, 2.24) is 14.7 Å². The second kappa shape index (κ2) is 7.86. The number of hydrogen-bond donors (Lipinski definition) is 1. The number of methoxy groups -OCH3 is 1. The topological polar surface area (TPSA) is 55.6 Å². The molecule has 2 heterocycles. The van der Waals surface area contributed by atoms with Crippen LogP contribution in [-0.4, -0.2) is 28.9 Å². The number of aryl methyl sites for hydroxylation is 1. The van der Waals surface area contributed by atoms with E-state index < -0.39 is 0 Å². The summed E-state index contributed by atoms with van der Waals surface area (Å²) in [6.07, 6.45) is 2.76. The van der Waals surface area contributed by atoms with Gasteiger partial charge in [0.05, 0.1) is 12.8 Å². The lowest BCUT2D eigenvalue weighted by Gasteiger charge is -2.06. The molecular formula is C22H21N3O2S. The van der Waals surface area contributed by atoms with Crippen molar-refractivity contribution in [3.8, 4) is 17.0 Å². The van der Waals surface area contributed by atoms with Gasteiger partial charge in [0.1, 0.15) is 10.6 Å². The lowest BCUT2D eigenvalue weighted by Crippen LogP contribution is -2.25. The van der Waals surface area contributed by atoms with E-state index in [-0.39, 0.29) is 5.91 Å². The monoisotopic (exact) mass is 391 g/mol. The van der Waals surface area contributed by atoms with Gasteiger partial charge in [-0.3, -0.25) is 9.20 Å². The zero-order valence-electron chi connectivity index (χ0n) is 15.8. The maximum atomic E-state index is 12.6. The first-order valence-electron chi connectivity index (χ1n) is 9.11. The summed E-state index contributed by atoms with van der Waals surface area (Å²) in [4.78, 5) is 18.8. The maximum absolute atomic E-state index is 12.6. The van der Waals surface area contributed by atoms with Gasteiger partial charge in [-0.15, -0.1) is 0 Å². The van der Waals surface area contributed by atoms with Crippen LogP contribution in [0.1, 0.15) is 20.9 Å². The number of nitrogens with zero attached hydrogens (tertiary/aromatic N) is 2.